The highest BCUT2D eigenvalue weighted by Crippen LogP contribution is 2.31. The first-order valence-electron chi connectivity index (χ1n) is 7.51. The van der Waals surface area contributed by atoms with Crippen LogP contribution in [0.4, 0.5) is 5.69 Å². The number of carbonyl (C=O) groups is 1. The summed E-state index contributed by atoms with van der Waals surface area (Å²) in [5.74, 6) is -0.888. The molecule has 1 fully saturated rings. The van der Waals surface area contributed by atoms with Gasteiger partial charge in [0.05, 0.1) is 5.56 Å². The molecule has 4 heteroatoms. The van der Waals surface area contributed by atoms with Gasteiger partial charge < -0.3 is 10.4 Å². The Morgan fingerprint density at radius 1 is 1.43 bits per heavy atom. The van der Waals surface area contributed by atoms with Crippen LogP contribution in [0.3, 0.4) is 0 Å². The second-order valence-electron chi connectivity index (χ2n) is 5.69. The van der Waals surface area contributed by atoms with E-state index in [1.807, 2.05) is 19.1 Å². The number of nitrogens with one attached hydrogen (secondary N) is 1. The predicted octanol–water partition coefficient (Wildman–Crippen LogP) is 5.32. The van der Waals surface area contributed by atoms with Gasteiger partial charge in [0.15, 0.2) is 0 Å². The number of rotatable bonds is 5. The second-order valence-corrected chi connectivity index (χ2v) is 6.61. The lowest BCUT2D eigenvalue weighted by Gasteiger charge is -2.18. The predicted molar refractivity (Wildman–Crippen MR) is 90.9 cm³/mol. The van der Waals surface area contributed by atoms with Crippen LogP contribution < -0.4 is 5.32 Å². The first-order chi connectivity index (χ1) is 10.0. The molecule has 0 amide bonds. The summed E-state index contributed by atoms with van der Waals surface area (Å²) >= 11 is 3.42. The monoisotopic (exact) mass is 351 g/mol. The molecule has 2 rings (SSSR count). The molecule has 0 spiro atoms. The van der Waals surface area contributed by atoms with E-state index < -0.39 is 5.97 Å². The highest BCUT2D eigenvalue weighted by Gasteiger charge is 2.19. The molecule has 1 aromatic carbocycles. The van der Waals surface area contributed by atoms with Crippen molar-refractivity contribution in [2.75, 3.05) is 5.32 Å². The molecular weight excluding hydrogens is 330 g/mol. The summed E-state index contributed by atoms with van der Waals surface area (Å²) < 4.78 is 0.798. The molecule has 2 N–H and O–H groups in total. The molecule has 114 valence electrons. The van der Waals surface area contributed by atoms with Gasteiger partial charge in [-0.2, -0.15) is 0 Å². The van der Waals surface area contributed by atoms with Gasteiger partial charge in [0.2, 0.25) is 0 Å². The van der Waals surface area contributed by atoms with Crippen LogP contribution in [0.1, 0.15) is 61.9 Å². The molecule has 21 heavy (non-hydrogen) atoms. The number of carboxylic acid groups (broad SMARTS) is 1. The molecule has 1 saturated carbocycles. The zero-order valence-corrected chi connectivity index (χ0v) is 14.2. The summed E-state index contributed by atoms with van der Waals surface area (Å²) in [5, 5.41) is 13.0. The summed E-state index contributed by atoms with van der Waals surface area (Å²) in [6.07, 6.45) is 7.72. The minimum atomic E-state index is -0.888. The molecular formula is C17H22BrNO2. The first-order valence-corrected chi connectivity index (χ1v) is 8.31. The van der Waals surface area contributed by atoms with Gasteiger partial charge in [-0.05, 0) is 38.3 Å². The maximum Gasteiger partial charge on any atom is 0.336 e. The third kappa shape index (κ3) is 4.10. The van der Waals surface area contributed by atoms with Gasteiger partial charge >= 0.3 is 5.97 Å². The molecule has 0 heterocycles. The van der Waals surface area contributed by atoms with Crippen LogP contribution in [0, 0.1) is 0 Å². The van der Waals surface area contributed by atoms with Crippen molar-refractivity contribution in [1.82, 2.24) is 0 Å². The quantitative estimate of drug-likeness (QED) is 0.754. The number of anilines is 1. The Morgan fingerprint density at radius 2 is 2.10 bits per heavy atom. The van der Waals surface area contributed by atoms with Gasteiger partial charge in [-0.25, -0.2) is 4.79 Å². The van der Waals surface area contributed by atoms with Gasteiger partial charge in [-0.1, -0.05) is 47.3 Å². The lowest BCUT2D eigenvalue weighted by Crippen LogP contribution is -2.16. The molecule has 0 radical (unpaired) electrons. The van der Waals surface area contributed by atoms with Crippen LogP contribution >= 0.6 is 15.9 Å². The van der Waals surface area contributed by atoms with E-state index in [9.17, 15) is 9.90 Å². The van der Waals surface area contributed by atoms with Crippen molar-refractivity contribution < 1.29 is 9.90 Å². The molecule has 1 aliphatic carbocycles. The maximum atomic E-state index is 11.6. The fourth-order valence-corrected chi connectivity index (χ4v) is 3.17. The minimum absolute atomic E-state index is 0.345. The SMILES string of the molecule is CC/C(C)=C/c1c(NC2CCCC2)cc(Br)cc1C(=O)O. The summed E-state index contributed by atoms with van der Waals surface area (Å²) in [5.41, 5.74) is 3.23. The van der Waals surface area contributed by atoms with E-state index in [1.54, 1.807) is 6.07 Å². The van der Waals surface area contributed by atoms with E-state index in [2.05, 4.69) is 28.2 Å². The molecule has 3 nitrogen and oxygen atoms in total. The number of carboxylic acids is 1. The number of benzene rings is 1. The fourth-order valence-electron chi connectivity index (χ4n) is 2.71. The van der Waals surface area contributed by atoms with Gasteiger partial charge in [-0.15, -0.1) is 0 Å². The number of allylic oxidation sites excluding steroid dienone is 1. The third-order valence-electron chi connectivity index (χ3n) is 4.04. The van der Waals surface area contributed by atoms with Crippen molar-refractivity contribution >= 4 is 33.7 Å². The van der Waals surface area contributed by atoms with E-state index in [0.717, 1.165) is 35.0 Å². The van der Waals surface area contributed by atoms with E-state index in [1.165, 1.54) is 18.4 Å². The highest BCUT2D eigenvalue weighted by molar-refractivity contribution is 9.10. The average molecular weight is 352 g/mol. The van der Waals surface area contributed by atoms with Gasteiger partial charge in [0.1, 0.15) is 0 Å². The molecule has 0 aromatic heterocycles. The van der Waals surface area contributed by atoms with Gasteiger partial charge in [0, 0.05) is 21.8 Å². The first kappa shape index (κ1) is 16.1. The van der Waals surface area contributed by atoms with Crippen molar-refractivity contribution in [3.8, 4) is 0 Å². The third-order valence-corrected chi connectivity index (χ3v) is 4.50. The molecule has 0 aliphatic heterocycles. The average Bonchev–Trinajstić information content (AvgIpc) is 2.93. The number of hydrogen-bond donors (Lipinski definition) is 2. The standard InChI is InChI=1S/C17H22BrNO2/c1-3-11(2)8-14-15(17(20)21)9-12(18)10-16(14)19-13-6-4-5-7-13/h8-10,13,19H,3-7H2,1-2H3,(H,20,21)/b11-8+. The van der Waals surface area contributed by atoms with Crippen molar-refractivity contribution in [2.24, 2.45) is 0 Å². The molecule has 0 atom stereocenters. The molecule has 1 aromatic rings. The molecule has 0 saturated heterocycles. The van der Waals surface area contributed by atoms with Crippen molar-refractivity contribution in [3.05, 3.63) is 33.3 Å². The van der Waals surface area contributed by atoms with Crippen LogP contribution in [-0.2, 0) is 0 Å². The summed E-state index contributed by atoms with van der Waals surface area (Å²) in [6.45, 7) is 4.11. The number of halogens is 1. The van der Waals surface area contributed by atoms with Crippen molar-refractivity contribution in [3.63, 3.8) is 0 Å². The van der Waals surface area contributed by atoms with Crippen LogP contribution in [0.2, 0.25) is 0 Å². The Kier molecular flexibility index (Phi) is 5.45. The largest absolute Gasteiger partial charge is 0.478 e. The van der Waals surface area contributed by atoms with Gasteiger partial charge in [0.25, 0.3) is 0 Å². The zero-order chi connectivity index (χ0) is 15.4. The van der Waals surface area contributed by atoms with E-state index in [-0.39, 0.29) is 0 Å². The molecule has 1 aliphatic rings. The lowest BCUT2D eigenvalue weighted by atomic mass is 10.0. The van der Waals surface area contributed by atoms with Crippen LogP contribution in [-0.4, -0.2) is 17.1 Å². The fraction of sp³-hybridized carbons (Fsp3) is 0.471. The lowest BCUT2D eigenvalue weighted by molar-refractivity contribution is 0.0696. The maximum absolute atomic E-state index is 11.6. The van der Waals surface area contributed by atoms with E-state index in [0.29, 0.717) is 11.6 Å². The zero-order valence-electron chi connectivity index (χ0n) is 12.6. The Bertz CT molecular complexity index is 560. The van der Waals surface area contributed by atoms with Crippen LogP contribution in [0.15, 0.2) is 22.2 Å². The molecule has 0 unspecified atom stereocenters. The van der Waals surface area contributed by atoms with E-state index >= 15 is 0 Å². The topological polar surface area (TPSA) is 49.3 Å². The Balaban J connectivity index is 2.46. The Hall–Kier alpha value is -1.29. The highest BCUT2D eigenvalue weighted by atomic mass is 79.9. The number of hydrogen-bond acceptors (Lipinski definition) is 2. The summed E-state index contributed by atoms with van der Waals surface area (Å²) in [7, 11) is 0. The second kappa shape index (κ2) is 7.12. The summed E-state index contributed by atoms with van der Waals surface area (Å²) in [4.78, 5) is 11.6. The number of aromatic carboxylic acids is 1. The molecule has 0 bridgehead atoms. The van der Waals surface area contributed by atoms with Crippen molar-refractivity contribution in [1.29, 1.82) is 0 Å². The van der Waals surface area contributed by atoms with Gasteiger partial charge in [-0.3, -0.25) is 0 Å². The van der Waals surface area contributed by atoms with Crippen molar-refractivity contribution in [2.45, 2.75) is 52.0 Å². The van der Waals surface area contributed by atoms with E-state index in [4.69, 9.17) is 0 Å². The Morgan fingerprint density at radius 3 is 2.67 bits per heavy atom. The summed E-state index contributed by atoms with van der Waals surface area (Å²) in [6, 6.07) is 4.12. The normalized spacial score (nSPS) is 16.2. The van der Waals surface area contributed by atoms with Crippen LogP contribution in [0.5, 0.6) is 0 Å². The smallest absolute Gasteiger partial charge is 0.336 e. The Labute approximate surface area is 134 Å². The van der Waals surface area contributed by atoms with Crippen LogP contribution in [0.25, 0.3) is 6.08 Å². The minimum Gasteiger partial charge on any atom is -0.478 e.